The second-order valence-corrected chi connectivity index (χ2v) is 5.33. The summed E-state index contributed by atoms with van der Waals surface area (Å²) in [5, 5.41) is 0. The first-order valence-corrected chi connectivity index (χ1v) is 7.06. The first-order chi connectivity index (χ1) is 9.70. The zero-order valence-electron chi connectivity index (χ0n) is 11.9. The highest BCUT2D eigenvalue weighted by atomic mass is 16.5. The van der Waals surface area contributed by atoms with Gasteiger partial charge >= 0.3 is 0 Å². The van der Waals surface area contributed by atoms with Crippen LogP contribution in [-0.4, -0.2) is 43.7 Å². The lowest BCUT2D eigenvalue weighted by Crippen LogP contribution is -2.41. The van der Waals surface area contributed by atoms with E-state index in [2.05, 4.69) is 10.3 Å². The summed E-state index contributed by atoms with van der Waals surface area (Å²) in [7, 11) is 2.02. The molecule has 2 unspecified atom stereocenters. The van der Waals surface area contributed by atoms with E-state index in [9.17, 15) is 4.79 Å². The maximum Gasteiger partial charge on any atom is 0.242 e. The van der Waals surface area contributed by atoms with E-state index in [1.165, 1.54) is 0 Å². The number of amides is 1. The van der Waals surface area contributed by atoms with Crippen LogP contribution in [0.15, 0.2) is 30.3 Å². The van der Waals surface area contributed by atoms with Crippen molar-refractivity contribution in [1.29, 1.82) is 0 Å². The number of nitrogens with two attached hydrogens (primary N) is 1. The van der Waals surface area contributed by atoms with Gasteiger partial charge in [0.15, 0.2) is 0 Å². The van der Waals surface area contributed by atoms with Gasteiger partial charge in [0.25, 0.3) is 0 Å². The predicted octanol–water partition coefficient (Wildman–Crippen LogP) is 0.871. The fraction of sp³-hybridized carbons (Fsp3) is 0.533. The quantitative estimate of drug-likeness (QED) is 0.460. The third kappa shape index (κ3) is 4.03. The number of likely N-dealkylation sites (N-methyl/N-ethyl adjacent to an activating group) is 1. The Morgan fingerprint density at radius 2 is 2.25 bits per heavy atom. The number of nitrogens with one attached hydrogen (secondary N) is 1. The lowest BCUT2D eigenvalue weighted by molar-refractivity contribution is -0.123. The molecule has 1 heterocycles. The highest BCUT2D eigenvalue weighted by molar-refractivity contribution is 5.83. The van der Waals surface area contributed by atoms with E-state index in [-0.39, 0.29) is 17.9 Å². The second kappa shape index (κ2) is 7.38. The van der Waals surface area contributed by atoms with Crippen LogP contribution in [0.4, 0.5) is 0 Å². The van der Waals surface area contributed by atoms with Gasteiger partial charge in [0.05, 0.1) is 12.0 Å². The standard InChI is InChI=1S/C15H23N3O2/c1-18(10-13-8-5-9-20-13)11-14(15(19)17-16)12-6-3-2-4-7-12/h2-4,6-7,13-14H,5,8-11,16H2,1H3,(H,17,19). The second-order valence-electron chi connectivity index (χ2n) is 5.33. The van der Waals surface area contributed by atoms with Crippen molar-refractivity contribution in [1.82, 2.24) is 10.3 Å². The van der Waals surface area contributed by atoms with Crippen molar-refractivity contribution in [2.45, 2.75) is 24.9 Å². The van der Waals surface area contributed by atoms with Gasteiger partial charge in [-0.05, 0) is 25.5 Å². The summed E-state index contributed by atoms with van der Waals surface area (Å²) >= 11 is 0. The molecule has 2 atom stereocenters. The number of ether oxygens (including phenoxy) is 1. The predicted molar refractivity (Wildman–Crippen MR) is 78.0 cm³/mol. The van der Waals surface area contributed by atoms with E-state index >= 15 is 0 Å². The van der Waals surface area contributed by atoms with Crippen LogP contribution in [0.3, 0.4) is 0 Å². The minimum atomic E-state index is -0.257. The molecule has 0 aliphatic carbocycles. The molecule has 5 nitrogen and oxygen atoms in total. The summed E-state index contributed by atoms with van der Waals surface area (Å²) in [4.78, 5) is 14.1. The zero-order chi connectivity index (χ0) is 14.4. The third-order valence-electron chi connectivity index (χ3n) is 3.69. The van der Waals surface area contributed by atoms with Crippen molar-refractivity contribution < 1.29 is 9.53 Å². The van der Waals surface area contributed by atoms with Crippen molar-refractivity contribution in [3.05, 3.63) is 35.9 Å². The van der Waals surface area contributed by atoms with Gasteiger partial charge in [-0.25, -0.2) is 5.84 Å². The normalized spacial score (nSPS) is 20.1. The van der Waals surface area contributed by atoms with Gasteiger partial charge in [0.2, 0.25) is 5.91 Å². The number of hydrogen-bond acceptors (Lipinski definition) is 4. The van der Waals surface area contributed by atoms with Crippen LogP contribution in [0.25, 0.3) is 0 Å². The Morgan fingerprint density at radius 3 is 2.85 bits per heavy atom. The maximum absolute atomic E-state index is 12.0. The van der Waals surface area contributed by atoms with Gasteiger partial charge in [-0.2, -0.15) is 0 Å². The summed E-state index contributed by atoms with van der Waals surface area (Å²) in [5.74, 6) is 4.89. The van der Waals surface area contributed by atoms with Crippen molar-refractivity contribution >= 4 is 5.91 Å². The first kappa shape index (κ1) is 15.0. The minimum absolute atomic E-state index is 0.157. The van der Waals surface area contributed by atoms with E-state index in [0.29, 0.717) is 6.54 Å². The average molecular weight is 277 g/mol. The number of hydrazine groups is 1. The Bertz CT molecular complexity index is 418. The Hall–Kier alpha value is -1.43. The Kier molecular flexibility index (Phi) is 5.52. The van der Waals surface area contributed by atoms with Crippen LogP contribution in [0.1, 0.15) is 24.3 Å². The van der Waals surface area contributed by atoms with E-state index in [4.69, 9.17) is 10.6 Å². The molecule has 1 aromatic rings. The molecular formula is C15H23N3O2. The highest BCUT2D eigenvalue weighted by Gasteiger charge is 2.24. The van der Waals surface area contributed by atoms with E-state index in [0.717, 1.165) is 31.6 Å². The van der Waals surface area contributed by atoms with Crippen LogP contribution < -0.4 is 11.3 Å². The van der Waals surface area contributed by atoms with E-state index in [1.807, 2.05) is 37.4 Å². The SMILES string of the molecule is CN(CC1CCCO1)CC(C(=O)NN)c1ccccc1. The molecule has 0 aromatic heterocycles. The molecule has 0 bridgehead atoms. The Labute approximate surface area is 120 Å². The summed E-state index contributed by atoms with van der Waals surface area (Å²) in [5.41, 5.74) is 3.25. The number of carbonyl (C=O) groups is 1. The van der Waals surface area contributed by atoms with Gasteiger partial charge in [-0.3, -0.25) is 10.2 Å². The fourth-order valence-electron chi connectivity index (χ4n) is 2.65. The molecule has 1 aliphatic rings. The lowest BCUT2D eigenvalue weighted by atomic mass is 9.97. The third-order valence-corrected chi connectivity index (χ3v) is 3.69. The highest BCUT2D eigenvalue weighted by Crippen LogP contribution is 2.18. The molecule has 0 saturated carbocycles. The summed E-state index contributed by atoms with van der Waals surface area (Å²) in [6.45, 7) is 2.33. The summed E-state index contributed by atoms with van der Waals surface area (Å²) in [6, 6.07) is 9.73. The maximum atomic E-state index is 12.0. The lowest BCUT2D eigenvalue weighted by Gasteiger charge is -2.25. The summed E-state index contributed by atoms with van der Waals surface area (Å²) in [6.07, 6.45) is 2.52. The van der Waals surface area contributed by atoms with Gasteiger partial charge in [0.1, 0.15) is 0 Å². The topological polar surface area (TPSA) is 67.6 Å². The molecule has 5 heteroatoms. The van der Waals surface area contributed by atoms with Crippen molar-refractivity contribution in [3.8, 4) is 0 Å². The molecule has 2 rings (SSSR count). The largest absolute Gasteiger partial charge is 0.377 e. The molecule has 1 fully saturated rings. The zero-order valence-corrected chi connectivity index (χ0v) is 11.9. The number of benzene rings is 1. The van der Waals surface area contributed by atoms with Crippen LogP contribution >= 0.6 is 0 Å². The number of carbonyl (C=O) groups excluding carboxylic acids is 1. The van der Waals surface area contributed by atoms with Gasteiger partial charge in [-0.1, -0.05) is 30.3 Å². The first-order valence-electron chi connectivity index (χ1n) is 7.06. The van der Waals surface area contributed by atoms with Gasteiger partial charge in [-0.15, -0.1) is 0 Å². The monoisotopic (exact) mass is 277 g/mol. The van der Waals surface area contributed by atoms with Gasteiger partial charge in [0, 0.05) is 19.7 Å². The molecule has 3 N–H and O–H groups in total. The minimum Gasteiger partial charge on any atom is -0.377 e. The molecule has 1 aromatic carbocycles. The molecule has 0 radical (unpaired) electrons. The number of hydrogen-bond donors (Lipinski definition) is 2. The smallest absolute Gasteiger partial charge is 0.242 e. The number of rotatable bonds is 6. The summed E-state index contributed by atoms with van der Waals surface area (Å²) < 4.78 is 5.63. The molecule has 0 spiro atoms. The Balaban J connectivity index is 1.98. The van der Waals surface area contributed by atoms with Crippen LogP contribution in [0.5, 0.6) is 0 Å². The molecule has 110 valence electrons. The molecule has 1 aliphatic heterocycles. The number of nitrogens with zero attached hydrogens (tertiary/aromatic N) is 1. The molecular weight excluding hydrogens is 254 g/mol. The Morgan fingerprint density at radius 1 is 1.50 bits per heavy atom. The van der Waals surface area contributed by atoms with E-state index < -0.39 is 0 Å². The fourth-order valence-corrected chi connectivity index (χ4v) is 2.65. The molecule has 1 saturated heterocycles. The molecule has 1 amide bonds. The van der Waals surface area contributed by atoms with Crippen LogP contribution in [-0.2, 0) is 9.53 Å². The average Bonchev–Trinajstić information content (AvgIpc) is 2.97. The molecule has 20 heavy (non-hydrogen) atoms. The van der Waals surface area contributed by atoms with Crippen LogP contribution in [0, 0.1) is 0 Å². The van der Waals surface area contributed by atoms with Crippen molar-refractivity contribution in [2.24, 2.45) is 5.84 Å². The van der Waals surface area contributed by atoms with Crippen molar-refractivity contribution in [3.63, 3.8) is 0 Å². The van der Waals surface area contributed by atoms with Gasteiger partial charge < -0.3 is 9.64 Å². The van der Waals surface area contributed by atoms with Crippen molar-refractivity contribution in [2.75, 3.05) is 26.7 Å². The van der Waals surface area contributed by atoms with E-state index in [1.54, 1.807) is 0 Å². The van der Waals surface area contributed by atoms with Crippen LogP contribution in [0.2, 0.25) is 0 Å².